The van der Waals surface area contributed by atoms with Crippen LogP contribution in [0.25, 0.3) is 17.0 Å². The predicted octanol–water partition coefficient (Wildman–Crippen LogP) is 6.25. The van der Waals surface area contributed by atoms with Gasteiger partial charge in [0.15, 0.2) is 11.5 Å². The lowest BCUT2D eigenvalue weighted by molar-refractivity contribution is -0.384. The van der Waals surface area contributed by atoms with Crippen molar-refractivity contribution in [1.29, 1.82) is 0 Å². The molecule has 1 saturated heterocycles. The monoisotopic (exact) mass is 683 g/mol. The lowest BCUT2D eigenvalue weighted by Gasteiger charge is -2.39. The van der Waals surface area contributed by atoms with Crippen molar-refractivity contribution in [2.45, 2.75) is 31.2 Å². The van der Waals surface area contributed by atoms with E-state index in [0.717, 1.165) is 17.7 Å². The third-order valence-electron chi connectivity index (χ3n) is 8.71. The Labute approximate surface area is 279 Å². The molecule has 49 heavy (non-hydrogen) atoms. The Morgan fingerprint density at radius 1 is 1.04 bits per heavy atom. The summed E-state index contributed by atoms with van der Waals surface area (Å²) in [6.45, 7) is 0.162. The predicted molar refractivity (Wildman–Crippen MR) is 175 cm³/mol. The van der Waals surface area contributed by atoms with Crippen LogP contribution in [-0.4, -0.2) is 77.2 Å². The number of piperidine rings is 1. The number of aliphatic hydroxyl groups is 1. The third-order valence-corrected chi connectivity index (χ3v) is 8.71. The molecule has 1 atom stereocenters. The first-order valence-electron chi connectivity index (χ1n) is 15.5. The van der Waals surface area contributed by atoms with E-state index in [1.165, 1.54) is 43.2 Å². The minimum absolute atomic E-state index is 0.0236. The zero-order chi connectivity index (χ0) is 35.3. The third kappa shape index (κ3) is 7.81. The molecule has 260 valence electrons. The summed E-state index contributed by atoms with van der Waals surface area (Å²) in [6.07, 6.45) is -0.463. The van der Waals surface area contributed by atoms with Gasteiger partial charge in [-0.15, -0.1) is 0 Å². The number of carboxylic acids is 1. The summed E-state index contributed by atoms with van der Waals surface area (Å²) in [5.74, 6) is -0.162. The number of β-amino-alcohol motifs (C(OH)–C–C–N with tert-alkyl or cyclic N) is 1. The van der Waals surface area contributed by atoms with E-state index in [2.05, 4.69) is 0 Å². The number of hydrogen-bond acceptors (Lipinski definition) is 8. The Balaban J connectivity index is 1.34. The molecule has 0 saturated carbocycles. The summed E-state index contributed by atoms with van der Waals surface area (Å²) >= 11 is 0. The number of ether oxygens (including phenoxy) is 3. The SMILES string of the molecule is COc1cc(C=CC(=O)O)cc(OC)c1OCC1CCN(CC(O)(c2cn(Cc3ccccc3)c3cc([N+](=O)[O-])ccc23)C(F)(F)F)CC1. The Morgan fingerprint density at radius 2 is 1.69 bits per heavy atom. The van der Waals surface area contributed by atoms with Gasteiger partial charge in [-0.2, -0.15) is 13.2 Å². The topological polar surface area (TPSA) is 137 Å². The summed E-state index contributed by atoms with van der Waals surface area (Å²) in [6, 6.07) is 15.8. The smallest absolute Gasteiger partial charge is 0.422 e. The summed E-state index contributed by atoms with van der Waals surface area (Å²) in [7, 11) is 2.87. The van der Waals surface area contributed by atoms with Crippen LogP contribution in [0.3, 0.4) is 0 Å². The molecule has 1 unspecified atom stereocenters. The second-order valence-electron chi connectivity index (χ2n) is 11.9. The first-order valence-corrected chi connectivity index (χ1v) is 15.5. The van der Waals surface area contributed by atoms with Crippen LogP contribution in [-0.2, 0) is 16.9 Å². The molecule has 0 amide bonds. The number of nitro benzene ring substituents is 1. The molecule has 11 nitrogen and oxygen atoms in total. The number of halogens is 3. The highest BCUT2D eigenvalue weighted by molar-refractivity contribution is 5.87. The van der Waals surface area contributed by atoms with Crippen molar-refractivity contribution in [3.8, 4) is 17.2 Å². The Morgan fingerprint density at radius 3 is 2.27 bits per heavy atom. The van der Waals surface area contributed by atoms with Crippen LogP contribution in [0.2, 0.25) is 0 Å². The maximum Gasteiger partial charge on any atom is 0.422 e. The number of benzene rings is 3. The zero-order valence-electron chi connectivity index (χ0n) is 26.9. The average molecular weight is 684 g/mol. The summed E-state index contributed by atoms with van der Waals surface area (Å²) < 4.78 is 63.1. The second kappa shape index (κ2) is 14.6. The van der Waals surface area contributed by atoms with Crippen LogP contribution in [0.5, 0.6) is 17.2 Å². The van der Waals surface area contributed by atoms with E-state index in [1.807, 2.05) is 0 Å². The molecule has 1 aliphatic heterocycles. The molecule has 1 aromatic heterocycles. The molecule has 1 fully saturated rings. The van der Waals surface area contributed by atoms with E-state index in [4.69, 9.17) is 19.3 Å². The number of nitro groups is 1. The Bertz CT molecular complexity index is 1810. The molecular formula is C35H36F3N3O8. The van der Waals surface area contributed by atoms with E-state index in [-0.39, 0.29) is 54.3 Å². The van der Waals surface area contributed by atoms with E-state index in [9.17, 15) is 33.2 Å². The molecule has 0 bridgehead atoms. The highest BCUT2D eigenvalue weighted by Crippen LogP contribution is 2.45. The second-order valence-corrected chi connectivity index (χ2v) is 11.9. The summed E-state index contributed by atoms with van der Waals surface area (Å²) in [5, 5.41) is 32.1. The molecule has 0 spiro atoms. The van der Waals surface area contributed by atoms with Gasteiger partial charge < -0.3 is 29.0 Å². The first-order chi connectivity index (χ1) is 23.3. The van der Waals surface area contributed by atoms with Crippen molar-refractivity contribution in [3.63, 3.8) is 0 Å². The molecule has 2 N–H and O–H groups in total. The molecule has 14 heteroatoms. The largest absolute Gasteiger partial charge is 0.493 e. The van der Waals surface area contributed by atoms with Crippen molar-refractivity contribution >= 4 is 28.6 Å². The number of aromatic nitrogens is 1. The molecule has 5 rings (SSSR count). The van der Waals surface area contributed by atoms with Crippen LogP contribution >= 0.6 is 0 Å². The van der Waals surface area contributed by atoms with Gasteiger partial charge in [-0.3, -0.25) is 15.0 Å². The molecule has 4 aromatic rings. The maximum absolute atomic E-state index is 14.9. The molecule has 3 aromatic carbocycles. The number of carbonyl (C=O) groups is 1. The number of rotatable bonds is 13. The number of fused-ring (bicyclic) bond motifs is 1. The number of non-ortho nitro benzene ring substituents is 1. The van der Waals surface area contributed by atoms with Gasteiger partial charge in [0.05, 0.1) is 31.3 Å². The maximum atomic E-state index is 14.9. The fourth-order valence-electron chi connectivity index (χ4n) is 6.10. The van der Waals surface area contributed by atoms with Crippen molar-refractivity contribution < 1.29 is 47.3 Å². The van der Waals surface area contributed by atoms with Gasteiger partial charge in [0.1, 0.15) is 0 Å². The van der Waals surface area contributed by atoms with Gasteiger partial charge >= 0.3 is 12.1 Å². The number of likely N-dealkylation sites (tertiary alicyclic amines) is 1. The highest BCUT2D eigenvalue weighted by Gasteiger charge is 2.57. The van der Waals surface area contributed by atoms with Gasteiger partial charge in [0.2, 0.25) is 11.4 Å². The zero-order valence-corrected chi connectivity index (χ0v) is 26.9. The van der Waals surface area contributed by atoms with Gasteiger partial charge in [-0.05, 0) is 67.3 Å². The Hall–Kier alpha value is -5.08. The first kappa shape index (κ1) is 35.2. The molecular weight excluding hydrogens is 647 g/mol. The van der Waals surface area contributed by atoms with E-state index >= 15 is 0 Å². The molecule has 0 aliphatic carbocycles. The summed E-state index contributed by atoms with van der Waals surface area (Å²) in [5.41, 5.74) is -2.39. The number of nitrogens with zero attached hydrogens (tertiary/aromatic N) is 3. The van der Waals surface area contributed by atoms with Crippen LogP contribution in [0.1, 0.15) is 29.5 Å². The van der Waals surface area contributed by atoms with E-state index in [0.29, 0.717) is 35.7 Å². The van der Waals surface area contributed by atoms with E-state index < -0.39 is 29.2 Å². The number of hydrogen-bond donors (Lipinski definition) is 2. The molecule has 2 heterocycles. The van der Waals surface area contributed by atoms with Crippen LogP contribution < -0.4 is 14.2 Å². The van der Waals surface area contributed by atoms with Gasteiger partial charge in [-0.1, -0.05) is 30.3 Å². The fraction of sp³-hybridized carbons (Fsp3) is 0.343. The lowest BCUT2D eigenvalue weighted by Crippen LogP contribution is -2.52. The van der Waals surface area contributed by atoms with Gasteiger partial charge in [-0.25, -0.2) is 4.79 Å². The number of methoxy groups -OCH3 is 2. The van der Waals surface area contributed by atoms with E-state index in [1.54, 1.807) is 47.4 Å². The quantitative estimate of drug-likeness (QED) is 0.0952. The average Bonchev–Trinajstić information content (AvgIpc) is 3.44. The van der Waals surface area contributed by atoms with Crippen molar-refractivity contribution in [1.82, 2.24) is 9.47 Å². The number of carboxylic acid groups (broad SMARTS) is 1. The van der Waals surface area contributed by atoms with Crippen molar-refractivity contribution in [2.24, 2.45) is 5.92 Å². The van der Waals surface area contributed by atoms with Crippen molar-refractivity contribution in [3.05, 3.63) is 99.7 Å². The number of aliphatic carboxylic acids is 1. The minimum atomic E-state index is -5.06. The van der Waals surface area contributed by atoms with Crippen LogP contribution in [0.15, 0.2) is 72.9 Å². The van der Waals surface area contributed by atoms with Gasteiger partial charge in [0.25, 0.3) is 5.69 Å². The Kier molecular flexibility index (Phi) is 10.5. The lowest BCUT2D eigenvalue weighted by atomic mass is 9.90. The molecule has 1 aliphatic rings. The normalized spacial score (nSPS) is 15.7. The molecule has 0 radical (unpaired) electrons. The van der Waals surface area contributed by atoms with Gasteiger partial charge in [0, 0.05) is 48.4 Å². The highest BCUT2D eigenvalue weighted by atomic mass is 19.4. The van der Waals surface area contributed by atoms with Crippen LogP contribution in [0.4, 0.5) is 18.9 Å². The van der Waals surface area contributed by atoms with Crippen LogP contribution in [0, 0.1) is 16.0 Å². The standard InChI is InChI=1S/C35H36F3N3O8/c1-47-30-16-25(8-11-32(42)43)17-31(48-2)33(30)49-21-24-12-14-39(15-13-24)22-34(44,35(36,37)38)28-20-40(19-23-6-4-3-5-7-23)29-18-26(41(45)46)9-10-27(28)29/h3-11,16-18,20,24,44H,12-15,19,21-22H2,1-2H3,(H,42,43). The fourth-order valence-corrected chi connectivity index (χ4v) is 6.10. The summed E-state index contributed by atoms with van der Waals surface area (Å²) in [4.78, 5) is 23.4. The minimum Gasteiger partial charge on any atom is -0.493 e. The number of alkyl halides is 3. The van der Waals surface area contributed by atoms with Crippen molar-refractivity contribution in [2.75, 3.05) is 40.5 Å².